The first-order valence-electron chi connectivity index (χ1n) is 12.8. The number of ether oxygens (including phenoxy) is 3. The molecule has 4 N–H and O–H groups in total. The van der Waals surface area contributed by atoms with Gasteiger partial charge in [0.15, 0.2) is 17.3 Å². The smallest absolute Gasteiger partial charge is 0.231 e. The van der Waals surface area contributed by atoms with Crippen molar-refractivity contribution < 1.29 is 42.1 Å². The zero-order valence-corrected chi connectivity index (χ0v) is 25.7. The normalized spacial score (nSPS) is 20.8. The molecule has 4 rings (SSSR count). The Kier molecular flexibility index (Phi) is 9.17. The van der Waals surface area contributed by atoms with Crippen LogP contribution in [0.1, 0.15) is 41.6 Å². The molecule has 1 amide bonds. The Hall–Kier alpha value is -3.26. The fraction of sp³-hybridized carbons (Fsp3) is 0.393. The molecule has 11 nitrogen and oxygen atoms in total. The first-order chi connectivity index (χ1) is 19.8. The average Bonchev–Trinajstić information content (AvgIpc) is 3.25. The molecular weight excluding hydrogens is 608 g/mol. The predicted molar refractivity (Wildman–Crippen MR) is 157 cm³/mol. The molecule has 0 fully saturated rings. The van der Waals surface area contributed by atoms with Crippen molar-refractivity contribution in [1.82, 2.24) is 5.32 Å². The molecule has 0 saturated heterocycles. The highest BCUT2D eigenvalue weighted by molar-refractivity contribution is 7.98. The summed E-state index contributed by atoms with van der Waals surface area (Å²) in [6.07, 6.45) is 1.38. The van der Waals surface area contributed by atoms with E-state index in [9.17, 15) is 27.9 Å². The number of benzene rings is 2. The number of nitrogens with one attached hydrogen (secondary N) is 1. The number of primary sulfonamides is 1. The monoisotopic (exact) mass is 638 g/mol. The molecule has 226 valence electrons. The van der Waals surface area contributed by atoms with E-state index in [2.05, 4.69) is 5.32 Å². The van der Waals surface area contributed by atoms with Crippen molar-refractivity contribution in [2.75, 3.05) is 32.8 Å². The molecule has 3 unspecified atom stereocenters. The van der Waals surface area contributed by atoms with Gasteiger partial charge in [0, 0.05) is 47.8 Å². The molecule has 42 heavy (non-hydrogen) atoms. The van der Waals surface area contributed by atoms with E-state index >= 15 is 0 Å². The van der Waals surface area contributed by atoms with Crippen molar-refractivity contribution in [3.63, 3.8) is 0 Å². The summed E-state index contributed by atoms with van der Waals surface area (Å²) >= 11 is 8.01. The summed E-state index contributed by atoms with van der Waals surface area (Å²) in [5.41, 5.74) is -1.66. The second-order valence-electron chi connectivity index (χ2n) is 10.0. The number of carbonyl (C=O) groups is 3. The number of rotatable bonds is 10. The third-order valence-corrected chi connectivity index (χ3v) is 9.35. The third kappa shape index (κ3) is 5.70. The lowest BCUT2D eigenvalue weighted by Crippen LogP contribution is -2.53. The van der Waals surface area contributed by atoms with E-state index in [4.69, 9.17) is 31.0 Å². The van der Waals surface area contributed by atoms with Crippen molar-refractivity contribution in [1.29, 1.82) is 0 Å². The molecule has 1 spiro atoms. The summed E-state index contributed by atoms with van der Waals surface area (Å²) in [6.45, 7) is 1.36. The summed E-state index contributed by atoms with van der Waals surface area (Å²) in [7, 11) is -1.07. The number of hydrogen-bond donors (Lipinski definition) is 3. The highest BCUT2D eigenvalue weighted by Crippen LogP contribution is 2.55. The van der Waals surface area contributed by atoms with Crippen molar-refractivity contribution in [2.45, 2.75) is 36.2 Å². The van der Waals surface area contributed by atoms with Gasteiger partial charge >= 0.3 is 0 Å². The summed E-state index contributed by atoms with van der Waals surface area (Å²) in [5, 5.41) is 19.4. The maximum Gasteiger partial charge on any atom is 0.231 e. The van der Waals surface area contributed by atoms with Crippen molar-refractivity contribution in [3.05, 3.63) is 57.8 Å². The number of nitrogens with two attached hydrogens (primary N) is 1. The van der Waals surface area contributed by atoms with Crippen LogP contribution in [0.3, 0.4) is 0 Å². The minimum absolute atomic E-state index is 0.00277. The molecule has 1 heterocycles. The SMILES string of the molecule is COc1cc(OC)c2c(c1Cl)OC1(C2=O)C(O)=C(C(CC(=O)NCCS(N)(=O)=O)c2ccc(SC)cc2)C(=O)CC1C. The Balaban J connectivity index is 1.85. The number of methoxy groups -OCH3 is 2. The largest absolute Gasteiger partial charge is 0.507 e. The molecule has 0 aromatic heterocycles. The number of thioether (sulfide) groups is 1. The standard InChI is InChI=1S/C28H31ClN2O9S2/c1-14-11-18(32)22(17(15-5-7-16(41-4)8-6-15)12-21(33)31-9-10-42(30,36)37)26(34)28(14)27(35)23-19(38-2)13-20(39-3)24(29)25(23)40-28/h5-8,13-14,17,34H,9-12H2,1-4H3,(H,31,33)(H2,30,36,37). The van der Waals surface area contributed by atoms with Crippen LogP contribution in [0, 0.1) is 5.92 Å². The average molecular weight is 639 g/mol. The number of amides is 1. The van der Waals surface area contributed by atoms with E-state index in [1.54, 1.807) is 31.2 Å². The number of fused-ring (bicyclic) bond motifs is 1. The highest BCUT2D eigenvalue weighted by Gasteiger charge is 2.61. The van der Waals surface area contributed by atoms with E-state index in [-0.39, 0.29) is 52.8 Å². The number of hydrogen-bond acceptors (Lipinski definition) is 10. The molecule has 0 saturated carbocycles. The number of carbonyl (C=O) groups excluding carboxylic acids is 3. The second-order valence-corrected chi connectivity index (χ2v) is 13.0. The van der Waals surface area contributed by atoms with Gasteiger partial charge in [-0.1, -0.05) is 30.7 Å². The van der Waals surface area contributed by atoms with Crippen molar-refractivity contribution >= 4 is 50.9 Å². The molecule has 3 atom stereocenters. The van der Waals surface area contributed by atoms with Crippen LogP contribution in [0.2, 0.25) is 5.02 Å². The number of halogens is 1. The molecule has 2 aromatic carbocycles. The maximum atomic E-state index is 14.1. The number of allylic oxidation sites excluding steroid dienone is 1. The Labute approximate surface area is 252 Å². The lowest BCUT2D eigenvalue weighted by molar-refractivity contribution is -0.121. The quantitative estimate of drug-likeness (QED) is 0.328. The van der Waals surface area contributed by atoms with E-state index in [1.807, 2.05) is 6.26 Å². The predicted octanol–water partition coefficient (Wildman–Crippen LogP) is 3.39. The highest BCUT2D eigenvalue weighted by atomic mass is 35.5. The minimum atomic E-state index is -3.82. The molecule has 1 aliphatic heterocycles. The van der Waals surface area contributed by atoms with Crippen LogP contribution in [-0.4, -0.2) is 69.4 Å². The summed E-state index contributed by atoms with van der Waals surface area (Å²) in [6, 6.07) is 8.49. The Morgan fingerprint density at radius 3 is 2.45 bits per heavy atom. The molecule has 2 aromatic rings. The number of aliphatic hydroxyl groups excluding tert-OH is 1. The topological polar surface area (TPSA) is 171 Å². The van der Waals surface area contributed by atoms with Gasteiger partial charge in [0.2, 0.25) is 27.3 Å². The van der Waals surface area contributed by atoms with Crippen LogP contribution < -0.4 is 24.7 Å². The van der Waals surface area contributed by atoms with Gasteiger partial charge in [0.1, 0.15) is 22.1 Å². The fourth-order valence-corrected chi connectivity index (χ4v) is 6.41. The van der Waals surface area contributed by atoms with Crippen LogP contribution in [0.15, 0.2) is 46.6 Å². The first-order valence-corrected chi connectivity index (χ1v) is 16.2. The van der Waals surface area contributed by atoms with Crippen molar-refractivity contribution in [2.24, 2.45) is 11.1 Å². The molecule has 0 radical (unpaired) electrons. The van der Waals surface area contributed by atoms with Gasteiger partial charge in [0.25, 0.3) is 0 Å². The maximum absolute atomic E-state index is 14.1. The third-order valence-electron chi connectivity index (χ3n) is 7.48. The van der Waals surface area contributed by atoms with Gasteiger partial charge in [0.05, 0.1) is 20.0 Å². The van der Waals surface area contributed by atoms with E-state index < -0.39 is 56.4 Å². The van der Waals surface area contributed by atoms with Crippen LogP contribution in [0.4, 0.5) is 0 Å². The Morgan fingerprint density at radius 1 is 1.24 bits per heavy atom. The minimum Gasteiger partial charge on any atom is -0.507 e. The summed E-state index contributed by atoms with van der Waals surface area (Å²) in [5.74, 6) is -4.38. The number of Topliss-reactive ketones (excluding diaryl/α,β-unsaturated/α-hetero) is 2. The van der Waals surface area contributed by atoms with Gasteiger partial charge in [-0.2, -0.15) is 0 Å². The van der Waals surface area contributed by atoms with E-state index in [1.165, 1.54) is 32.0 Å². The van der Waals surface area contributed by atoms with Crippen LogP contribution in [0.5, 0.6) is 17.2 Å². The van der Waals surface area contributed by atoms with Crippen LogP contribution in [0.25, 0.3) is 0 Å². The lowest BCUT2D eigenvalue weighted by Gasteiger charge is -2.38. The Morgan fingerprint density at radius 2 is 1.88 bits per heavy atom. The lowest BCUT2D eigenvalue weighted by atomic mass is 9.69. The summed E-state index contributed by atoms with van der Waals surface area (Å²) < 4.78 is 39.6. The molecular formula is C28H31ClN2O9S2. The fourth-order valence-electron chi connectivity index (χ4n) is 5.35. The van der Waals surface area contributed by atoms with Gasteiger partial charge in [-0.3, -0.25) is 14.4 Å². The number of aliphatic hydroxyl groups is 1. The van der Waals surface area contributed by atoms with Crippen molar-refractivity contribution in [3.8, 4) is 17.2 Å². The van der Waals surface area contributed by atoms with Gasteiger partial charge < -0.3 is 24.6 Å². The number of sulfonamides is 1. The van der Waals surface area contributed by atoms with Gasteiger partial charge in [-0.15, -0.1) is 11.8 Å². The molecule has 2 aliphatic rings. The first kappa shape index (κ1) is 31.7. The summed E-state index contributed by atoms with van der Waals surface area (Å²) in [4.78, 5) is 41.6. The van der Waals surface area contributed by atoms with Crippen LogP contribution in [-0.2, 0) is 19.6 Å². The molecule has 1 aliphatic carbocycles. The Bertz CT molecular complexity index is 1570. The van der Waals surface area contributed by atoms with E-state index in [0.29, 0.717) is 5.56 Å². The van der Waals surface area contributed by atoms with Gasteiger partial charge in [-0.25, -0.2) is 13.6 Å². The second kappa shape index (κ2) is 12.2. The zero-order valence-electron chi connectivity index (χ0n) is 23.4. The molecule has 14 heteroatoms. The zero-order chi connectivity index (χ0) is 31.0. The number of ketones is 2. The van der Waals surface area contributed by atoms with Crippen LogP contribution >= 0.6 is 23.4 Å². The molecule has 0 bridgehead atoms. The van der Waals surface area contributed by atoms with Gasteiger partial charge in [-0.05, 0) is 24.0 Å². The van der Waals surface area contributed by atoms with E-state index in [0.717, 1.165) is 4.90 Å².